The first-order chi connectivity index (χ1) is 8.65. The summed E-state index contributed by atoms with van der Waals surface area (Å²) >= 11 is 3.33. The summed E-state index contributed by atoms with van der Waals surface area (Å²) in [6, 6.07) is 5.55. The molecule has 1 fully saturated rings. The fourth-order valence-electron chi connectivity index (χ4n) is 2.24. The highest BCUT2D eigenvalue weighted by Crippen LogP contribution is 2.23. The molecule has 0 aromatic heterocycles. The van der Waals surface area contributed by atoms with Crippen LogP contribution < -0.4 is 16.4 Å². The average molecular weight is 312 g/mol. The maximum absolute atomic E-state index is 11.8. The zero-order valence-corrected chi connectivity index (χ0v) is 11.8. The number of nitrogens with two attached hydrogens (primary N) is 1. The minimum absolute atomic E-state index is 0.170. The highest BCUT2D eigenvalue weighted by molar-refractivity contribution is 9.10. The largest absolute Gasteiger partial charge is 0.397 e. The number of anilines is 2. The lowest BCUT2D eigenvalue weighted by Gasteiger charge is -2.23. The second-order valence-corrected chi connectivity index (χ2v) is 5.58. The number of hydrogen-bond donors (Lipinski definition) is 3. The van der Waals surface area contributed by atoms with Gasteiger partial charge in [-0.3, -0.25) is 0 Å². The van der Waals surface area contributed by atoms with E-state index in [-0.39, 0.29) is 6.03 Å². The van der Waals surface area contributed by atoms with Gasteiger partial charge in [-0.1, -0.05) is 35.2 Å². The van der Waals surface area contributed by atoms with Gasteiger partial charge in [-0.2, -0.15) is 0 Å². The Labute approximate surface area is 115 Å². The summed E-state index contributed by atoms with van der Waals surface area (Å²) in [5, 5.41) is 5.78. The molecule has 0 atom stereocenters. The quantitative estimate of drug-likeness (QED) is 0.732. The van der Waals surface area contributed by atoms with E-state index >= 15 is 0 Å². The van der Waals surface area contributed by atoms with Gasteiger partial charge in [0.15, 0.2) is 0 Å². The van der Waals surface area contributed by atoms with E-state index in [1.165, 1.54) is 19.3 Å². The molecule has 0 spiro atoms. The third-order valence-electron chi connectivity index (χ3n) is 3.20. The Bertz CT molecular complexity index is 430. The monoisotopic (exact) mass is 311 g/mol. The fraction of sp³-hybridized carbons (Fsp3) is 0.462. The number of carbonyl (C=O) groups is 1. The first kappa shape index (κ1) is 13.2. The highest BCUT2D eigenvalue weighted by atomic mass is 79.9. The molecular formula is C13H18BrN3O. The van der Waals surface area contributed by atoms with E-state index in [2.05, 4.69) is 26.6 Å². The van der Waals surface area contributed by atoms with Crippen molar-refractivity contribution in [2.75, 3.05) is 11.1 Å². The van der Waals surface area contributed by atoms with Gasteiger partial charge in [0, 0.05) is 10.5 Å². The van der Waals surface area contributed by atoms with Crippen molar-refractivity contribution < 1.29 is 4.79 Å². The van der Waals surface area contributed by atoms with Crippen LogP contribution in [-0.4, -0.2) is 12.1 Å². The summed E-state index contributed by atoms with van der Waals surface area (Å²) in [4.78, 5) is 11.8. The Kier molecular flexibility index (Phi) is 4.47. The topological polar surface area (TPSA) is 67.1 Å². The highest BCUT2D eigenvalue weighted by Gasteiger charge is 2.15. The predicted molar refractivity (Wildman–Crippen MR) is 77.6 cm³/mol. The van der Waals surface area contributed by atoms with Crippen molar-refractivity contribution in [1.29, 1.82) is 0 Å². The van der Waals surface area contributed by atoms with Crippen LogP contribution in [0.3, 0.4) is 0 Å². The smallest absolute Gasteiger partial charge is 0.319 e. The third-order valence-corrected chi connectivity index (χ3v) is 3.70. The Morgan fingerprint density at radius 3 is 2.67 bits per heavy atom. The number of nitrogens with one attached hydrogen (secondary N) is 2. The molecule has 1 aliphatic rings. The SMILES string of the molecule is Nc1cc(Br)ccc1NC(=O)NC1CCCCC1. The van der Waals surface area contributed by atoms with Crippen molar-refractivity contribution in [3.8, 4) is 0 Å². The summed E-state index contributed by atoms with van der Waals surface area (Å²) < 4.78 is 0.901. The lowest BCUT2D eigenvalue weighted by molar-refractivity contribution is 0.244. The summed E-state index contributed by atoms with van der Waals surface area (Å²) in [5.74, 6) is 0. The van der Waals surface area contributed by atoms with Crippen molar-refractivity contribution in [3.63, 3.8) is 0 Å². The van der Waals surface area contributed by atoms with Gasteiger partial charge in [0.05, 0.1) is 11.4 Å². The van der Waals surface area contributed by atoms with Crippen molar-refractivity contribution in [2.24, 2.45) is 0 Å². The molecule has 2 rings (SSSR count). The van der Waals surface area contributed by atoms with Crippen LogP contribution in [-0.2, 0) is 0 Å². The van der Waals surface area contributed by atoms with Gasteiger partial charge >= 0.3 is 6.03 Å². The van der Waals surface area contributed by atoms with E-state index in [0.717, 1.165) is 17.3 Å². The van der Waals surface area contributed by atoms with Gasteiger partial charge in [0.25, 0.3) is 0 Å². The second kappa shape index (κ2) is 6.09. The number of nitrogen functional groups attached to an aromatic ring is 1. The van der Waals surface area contributed by atoms with Crippen molar-refractivity contribution in [3.05, 3.63) is 22.7 Å². The normalized spacial score (nSPS) is 16.3. The minimum atomic E-state index is -0.170. The van der Waals surface area contributed by atoms with E-state index in [1.54, 1.807) is 12.1 Å². The van der Waals surface area contributed by atoms with Crippen LogP contribution in [0.1, 0.15) is 32.1 Å². The zero-order valence-electron chi connectivity index (χ0n) is 10.2. The number of carbonyl (C=O) groups excluding carboxylic acids is 1. The van der Waals surface area contributed by atoms with Gasteiger partial charge in [-0.15, -0.1) is 0 Å². The van der Waals surface area contributed by atoms with Crippen molar-refractivity contribution in [2.45, 2.75) is 38.1 Å². The lowest BCUT2D eigenvalue weighted by Crippen LogP contribution is -2.39. The first-order valence-electron chi connectivity index (χ1n) is 6.27. The van der Waals surface area contributed by atoms with Gasteiger partial charge in [0.2, 0.25) is 0 Å². The van der Waals surface area contributed by atoms with Gasteiger partial charge in [0.1, 0.15) is 0 Å². The molecular weight excluding hydrogens is 294 g/mol. The molecule has 4 nitrogen and oxygen atoms in total. The van der Waals surface area contributed by atoms with Gasteiger partial charge in [-0.05, 0) is 31.0 Å². The lowest BCUT2D eigenvalue weighted by atomic mass is 9.96. The number of hydrogen-bond acceptors (Lipinski definition) is 2. The summed E-state index contributed by atoms with van der Waals surface area (Å²) in [5.41, 5.74) is 7.03. The Balaban J connectivity index is 1.90. The summed E-state index contributed by atoms with van der Waals surface area (Å²) in [6.45, 7) is 0. The number of rotatable bonds is 2. The molecule has 0 heterocycles. The van der Waals surface area contributed by atoms with E-state index in [4.69, 9.17) is 5.73 Å². The van der Waals surface area contributed by atoms with E-state index in [1.807, 2.05) is 6.07 Å². The molecule has 1 aliphatic carbocycles. The number of urea groups is 1. The van der Waals surface area contributed by atoms with Gasteiger partial charge < -0.3 is 16.4 Å². The van der Waals surface area contributed by atoms with E-state index < -0.39 is 0 Å². The minimum Gasteiger partial charge on any atom is -0.397 e. The Hall–Kier alpha value is -1.23. The Morgan fingerprint density at radius 2 is 2.00 bits per heavy atom. The average Bonchev–Trinajstić information content (AvgIpc) is 2.34. The van der Waals surface area contributed by atoms with Crippen LogP contribution in [0.4, 0.5) is 16.2 Å². The molecule has 0 radical (unpaired) electrons. The first-order valence-corrected chi connectivity index (χ1v) is 7.07. The number of benzene rings is 1. The Morgan fingerprint density at radius 1 is 1.28 bits per heavy atom. The molecule has 18 heavy (non-hydrogen) atoms. The molecule has 2 amide bonds. The molecule has 5 heteroatoms. The molecule has 98 valence electrons. The van der Waals surface area contributed by atoms with Crippen molar-refractivity contribution >= 4 is 33.3 Å². The predicted octanol–water partition coefficient (Wildman–Crippen LogP) is 3.49. The van der Waals surface area contributed by atoms with Crippen LogP contribution in [0.5, 0.6) is 0 Å². The maximum Gasteiger partial charge on any atom is 0.319 e. The van der Waals surface area contributed by atoms with Gasteiger partial charge in [-0.25, -0.2) is 4.79 Å². The molecule has 0 aliphatic heterocycles. The van der Waals surface area contributed by atoms with Crippen molar-refractivity contribution in [1.82, 2.24) is 5.32 Å². The second-order valence-electron chi connectivity index (χ2n) is 4.66. The van der Waals surface area contributed by atoms with Crippen LogP contribution in [0, 0.1) is 0 Å². The van der Waals surface area contributed by atoms with Crippen LogP contribution in [0.2, 0.25) is 0 Å². The summed E-state index contributed by atoms with van der Waals surface area (Å²) in [6.07, 6.45) is 5.82. The number of halogens is 1. The standard InChI is InChI=1S/C13H18BrN3O/c14-9-6-7-12(11(15)8-9)17-13(18)16-10-4-2-1-3-5-10/h6-8,10H,1-5,15H2,(H2,16,17,18). The third kappa shape index (κ3) is 3.63. The molecule has 0 bridgehead atoms. The number of amides is 2. The van der Waals surface area contributed by atoms with E-state index in [9.17, 15) is 4.79 Å². The fourth-order valence-corrected chi connectivity index (χ4v) is 2.62. The molecule has 0 saturated heterocycles. The molecule has 1 saturated carbocycles. The van der Waals surface area contributed by atoms with Crippen LogP contribution in [0.25, 0.3) is 0 Å². The van der Waals surface area contributed by atoms with Crippen LogP contribution >= 0.6 is 15.9 Å². The maximum atomic E-state index is 11.8. The molecule has 1 aromatic rings. The van der Waals surface area contributed by atoms with E-state index in [0.29, 0.717) is 17.4 Å². The summed E-state index contributed by atoms with van der Waals surface area (Å²) in [7, 11) is 0. The molecule has 4 N–H and O–H groups in total. The zero-order chi connectivity index (χ0) is 13.0. The molecule has 0 unspecified atom stereocenters. The van der Waals surface area contributed by atoms with Crippen LogP contribution in [0.15, 0.2) is 22.7 Å². The molecule has 1 aromatic carbocycles.